The van der Waals surface area contributed by atoms with E-state index in [0.29, 0.717) is 5.56 Å². The summed E-state index contributed by atoms with van der Waals surface area (Å²) in [6.07, 6.45) is -0.101. The normalized spacial score (nSPS) is 12.7. The maximum absolute atomic E-state index is 12.9. The van der Waals surface area contributed by atoms with E-state index in [1.807, 2.05) is 0 Å². The standard InChI is InChI=1S/C15H14FNO5S/c16-11-3-7-13(8-4-11)23(21,22)17-14(15(19)20)9-10-1-5-12(18)6-2-10/h1-8,14,17-18H,9H2,(H,19,20)/t14-/m0/s1. The Morgan fingerprint density at radius 1 is 1.09 bits per heavy atom. The Morgan fingerprint density at radius 3 is 2.17 bits per heavy atom. The molecule has 6 nitrogen and oxygen atoms in total. The van der Waals surface area contributed by atoms with Crippen molar-refractivity contribution in [3.05, 3.63) is 59.9 Å². The molecule has 0 aliphatic carbocycles. The summed E-state index contributed by atoms with van der Waals surface area (Å²) in [6.45, 7) is 0. The fourth-order valence-electron chi connectivity index (χ4n) is 1.92. The highest BCUT2D eigenvalue weighted by Gasteiger charge is 2.25. The second-order valence-corrected chi connectivity index (χ2v) is 6.55. The van der Waals surface area contributed by atoms with Gasteiger partial charge < -0.3 is 10.2 Å². The summed E-state index contributed by atoms with van der Waals surface area (Å²) < 4.78 is 39.3. The van der Waals surface area contributed by atoms with Crippen LogP contribution in [0, 0.1) is 5.82 Å². The molecule has 0 aliphatic rings. The van der Waals surface area contributed by atoms with E-state index < -0.39 is 27.9 Å². The van der Waals surface area contributed by atoms with E-state index in [-0.39, 0.29) is 17.1 Å². The van der Waals surface area contributed by atoms with Gasteiger partial charge in [-0.3, -0.25) is 4.79 Å². The Labute approximate surface area is 132 Å². The molecule has 2 aromatic carbocycles. The van der Waals surface area contributed by atoms with Gasteiger partial charge in [0.05, 0.1) is 4.90 Å². The first-order valence-electron chi connectivity index (χ1n) is 6.56. The summed E-state index contributed by atoms with van der Waals surface area (Å²) in [7, 11) is -4.10. The first-order chi connectivity index (χ1) is 10.8. The summed E-state index contributed by atoms with van der Waals surface area (Å²) in [5.74, 6) is -1.92. The lowest BCUT2D eigenvalue weighted by Crippen LogP contribution is -2.42. The second kappa shape index (κ2) is 6.76. The third kappa shape index (κ3) is 4.51. The smallest absolute Gasteiger partial charge is 0.322 e. The Balaban J connectivity index is 2.20. The molecule has 1 atom stereocenters. The summed E-state index contributed by atoms with van der Waals surface area (Å²) >= 11 is 0. The van der Waals surface area contributed by atoms with E-state index >= 15 is 0 Å². The van der Waals surface area contributed by atoms with Gasteiger partial charge in [-0.2, -0.15) is 4.72 Å². The number of benzene rings is 2. The fourth-order valence-corrected chi connectivity index (χ4v) is 3.11. The zero-order valence-electron chi connectivity index (χ0n) is 11.8. The van der Waals surface area contributed by atoms with Crippen molar-refractivity contribution >= 4 is 16.0 Å². The average molecular weight is 339 g/mol. The van der Waals surface area contributed by atoms with E-state index in [2.05, 4.69) is 4.72 Å². The Morgan fingerprint density at radius 2 is 1.65 bits per heavy atom. The van der Waals surface area contributed by atoms with Crippen molar-refractivity contribution in [1.82, 2.24) is 4.72 Å². The summed E-state index contributed by atoms with van der Waals surface area (Å²) in [4.78, 5) is 11.1. The van der Waals surface area contributed by atoms with Gasteiger partial charge in [0.15, 0.2) is 0 Å². The van der Waals surface area contributed by atoms with Gasteiger partial charge in [0.25, 0.3) is 0 Å². The molecule has 0 aromatic heterocycles. The van der Waals surface area contributed by atoms with Crippen LogP contribution >= 0.6 is 0 Å². The van der Waals surface area contributed by atoms with E-state index in [1.54, 1.807) is 0 Å². The van der Waals surface area contributed by atoms with Gasteiger partial charge >= 0.3 is 5.97 Å². The Bertz CT molecular complexity index is 788. The van der Waals surface area contributed by atoms with E-state index in [0.717, 1.165) is 24.3 Å². The molecule has 0 saturated carbocycles. The zero-order valence-corrected chi connectivity index (χ0v) is 12.6. The van der Waals surface area contributed by atoms with Crippen LogP contribution in [-0.4, -0.2) is 30.6 Å². The van der Waals surface area contributed by atoms with Crippen molar-refractivity contribution in [3.8, 4) is 5.75 Å². The topological polar surface area (TPSA) is 104 Å². The summed E-state index contributed by atoms with van der Waals surface area (Å²) in [5, 5.41) is 18.4. The number of hydrogen-bond acceptors (Lipinski definition) is 4. The predicted molar refractivity (Wildman–Crippen MR) is 80.0 cm³/mol. The van der Waals surface area contributed by atoms with Crippen LogP contribution in [0.4, 0.5) is 4.39 Å². The molecular formula is C15H14FNO5S. The highest BCUT2D eigenvalue weighted by molar-refractivity contribution is 7.89. The molecule has 0 heterocycles. The van der Waals surface area contributed by atoms with Gasteiger partial charge in [-0.1, -0.05) is 12.1 Å². The molecule has 8 heteroatoms. The number of nitrogens with one attached hydrogen (secondary N) is 1. The van der Waals surface area contributed by atoms with Crippen LogP contribution < -0.4 is 4.72 Å². The minimum absolute atomic E-state index is 0.0208. The van der Waals surface area contributed by atoms with Crippen molar-refractivity contribution in [2.45, 2.75) is 17.4 Å². The minimum atomic E-state index is -4.10. The molecule has 0 spiro atoms. The number of rotatable bonds is 6. The maximum atomic E-state index is 12.9. The molecule has 0 saturated heterocycles. The van der Waals surface area contributed by atoms with Gasteiger partial charge in [0.2, 0.25) is 10.0 Å². The van der Waals surface area contributed by atoms with Crippen LogP contribution in [0.5, 0.6) is 5.75 Å². The number of aliphatic carboxylic acids is 1. The summed E-state index contributed by atoms with van der Waals surface area (Å²) in [6, 6.07) is 8.41. The van der Waals surface area contributed by atoms with Crippen molar-refractivity contribution in [2.75, 3.05) is 0 Å². The van der Waals surface area contributed by atoms with Crippen molar-refractivity contribution < 1.29 is 27.8 Å². The number of phenols is 1. The molecular weight excluding hydrogens is 325 g/mol. The molecule has 3 N–H and O–H groups in total. The number of aromatic hydroxyl groups is 1. The van der Waals surface area contributed by atoms with E-state index in [1.165, 1.54) is 24.3 Å². The molecule has 0 fully saturated rings. The molecule has 122 valence electrons. The third-order valence-electron chi connectivity index (χ3n) is 3.10. The molecule has 0 unspecified atom stereocenters. The minimum Gasteiger partial charge on any atom is -0.508 e. The lowest BCUT2D eigenvalue weighted by molar-refractivity contribution is -0.138. The molecule has 23 heavy (non-hydrogen) atoms. The van der Waals surface area contributed by atoms with Gasteiger partial charge in [-0.25, -0.2) is 12.8 Å². The highest BCUT2D eigenvalue weighted by atomic mass is 32.2. The summed E-state index contributed by atoms with van der Waals surface area (Å²) in [5.41, 5.74) is 0.539. The van der Waals surface area contributed by atoms with Crippen LogP contribution in [-0.2, 0) is 21.2 Å². The van der Waals surface area contributed by atoms with Gasteiger partial charge in [-0.15, -0.1) is 0 Å². The predicted octanol–water partition coefficient (Wildman–Crippen LogP) is 1.51. The largest absolute Gasteiger partial charge is 0.508 e. The molecule has 0 radical (unpaired) electrons. The number of carboxylic acid groups (broad SMARTS) is 1. The number of carboxylic acids is 1. The second-order valence-electron chi connectivity index (χ2n) is 4.84. The Hall–Kier alpha value is -2.45. The fraction of sp³-hybridized carbons (Fsp3) is 0.133. The first kappa shape index (κ1) is 16.9. The van der Waals surface area contributed by atoms with Gasteiger partial charge in [-0.05, 0) is 48.4 Å². The lowest BCUT2D eigenvalue weighted by Gasteiger charge is -2.15. The van der Waals surface area contributed by atoms with Crippen LogP contribution in [0.1, 0.15) is 5.56 Å². The lowest BCUT2D eigenvalue weighted by atomic mass is 10.1. The number of sulfonamides is 1. The average Bonchev–Trinajstić information content (AvgIpc) is 2.49. The molecule has 2 rings (SSSR count). The Kier molecular flexibility index (Phi) is 4.97. The van der Waals surface area contributed by atoms with Crippen LogP contribution in [0.3, 0.4) is 0 Å². The maximum Gasteiger partial charge on any atom is 0.322 e. The first-order valence-corrected chi connectivity index (χ1v) is 8.05. The zero-order chi connectivity index (χ0) is 17.0. The quantitative estimate of drug-likeness (QED) is 0.740. The third-order valence-corrected chi connectivity index (χ3v) is 4.58. The molecule has 2 aromatic rings. The van der Waals surface area contributed by atoms with Gasteiger partial charge in [0.1, 0.15) is 17.6 Å². The van der Waals surface area contributed by atoms with Gasteiger partial charge in [0, 0.05) is 0 Å². The molecule has 0 bridgehead atoms. The number of phenolic OH excluding ortho intramolecular Hbond substituents is 1. The van der Waals surface area contributed by atoms with Crippen LogP contribution in [0.2, 0.25) is 0 Å². The van der Waals surface area contributed by atoms with Crippen LogP contribution in [0.15, 0.2) is 53.4 Å². The van der Waals surface area contributed by atoms with Crippen molar-refractivity contribution in [3.63, 3.8) is 0 Å². The number of hydrogen-bond donors (Lipinski definition) is 3. The molecule has 0 aliphatic heterocycles. The monoisotopic (exact) mass is 339 g/mol. The highest BCUT2D eigenvalue weighted by Crippen LogP contribution is 2.14. The van der Waals surface area contributed by atoms with E-state index in [9.17, 15) is 27.8 Å². The van der Waals surface area contributed by atoms with Crippen LogP contribution in [0.25, 0.3) is 0 Å². The number of halogens is 1. The number of carbonyl (C=O) groups is 1. The van der Waals surface area contributed by atoms with Crippen molar-refractivity contribution in [1.29, 1.82) is 0 Å². The van der Waals surface area contributed by atoms with E-state index in [4.69, 9.17) is 0 Å². The SMILES string of the molecule is O=C(O)[C@H](Cc1ccc(O)cc1)NS(=O)(=O)c1ccc(F)cc1. The van der Waals surface area contributed by atoms with Crippen molar-refractivity contribution in [2.24, 2.45) is 0 Å². The molecule has 0 amide bonds.